The van der Waals surface area contributed by atoms with Gasteiger partial charge >= 0.3 is 0 Å². The molecule has 0 saturated carbocycles. The maximum absolute atomic E-state index is 9.29. The van der Waals surface area contributed by atoms with Crippen molar-refractivity contribution in [3.8, 4) is 0 Å². The Bertz CT molecular complexity index is 67.7. The molecule has 0 radical (unpaired) electrons. The molecule has 0 aliphatic carbocycles. The van der Waals surface area contributed by atoms with Crippen LogP contribution in [0.1, 0.15) is 0 Å². The van der Waals surface area contributed by atoms with Gasteiger partial charge in [0.1, 0.15) is 0 Å². The third kappa shape index (κ3) is 3.97. The van der Waals surface area contributed by atoms with Gasteiger partial charge < -0.3 is 0 Å². The number of thiol groups is 1. The third-order valence-electron chi connectivity index (χ3n) is 0.183. The summed E-state index contributed by atoms with van der Waals surface area (Å²) in [5.41, 5.74) is 0. The highest BCUT2D eigenvalue weighted by atomic mass is 32.2. The minimum Gasteiger partial charge on any atom is -0.265 e. The average Bonchev–Trinajstić information content (AvgIpc) is 1.38. The fourth-order valence-corrected chi connectivity index (χ4v) is 0. The van der Waals surface area contributed by atoms with Gasteiger partial charge in [0.25, 0.3) is 0 Å². The van der Waals surface area contributed by atoms with E-state index in [1.807, 2.05) is 4.63 Å². The van der Waals surface area contributed by atoms with Gasteiger partial charge in [-0.3, -0.25) is 4.63 Å². The number of hydrogen-bond acceptors (Lipinski definition) is 2. The number of nitrogens with one attached hydrogen (secondary N) is 1. The molecule has 0 atom stereocenters. The summed E-state index contributed by atoms with van der Waals surface area (Å²) in [5.74, 6) is 0. The summed E-state index contributed by atoms with van der Waals surface area (Å²) in [4.78, 5) is 0. The van der Waals surface area contributed by atoms with Crippen molar-refractivity contribution in [1.29, 1.82) is 0 Å². The molecule has 0 unspecified atom stereocenters. The van der Waals surface area contributed by atoms with Gasteiger partial charge in [0.15, 0.2) is 10.9 Å². The van der Waals surface area contributed by atoms with Crippen LogP contribution in [0.3, 0.4) is 0 Å². The van der Waals surface area contributed by atoms with Gasteiger partial charge in [0.05, 0.1) is 0 Å². The smallest absolute Gasteiger partial charge is 0.201 e. The van der Waals surface area contributed by atoms with Crippen LogP contribution >= 0.6 is 0 Å². The maximum Gasteiger partial charge on any atom is 0.201 e. The Labute approximate surface area is 32.9 Å². The van der Waals surface area contributed by atoms with E-state index in [0.29, 0.717) is 0 Å². The van der Waals surface area contributed by atoms with Crippen LogP contribution in [0.15, 0.2) is 0 Å². The molecule has 3 nitrogen and oxygen atoms in total. The van der Waals surface area contributed by atoms with Crippen molar-refractivity contribution in [1.82, 2.24) is 4.63 Å². The monoisotopic (exact) mass is 93.0 g/mol. The molecule has 0 aromatic carbocycles. The number of hydrogen-bond donors (Lipinski definition) is 2. The van der Waals surface area contributed by atoms with E-state index in [4.69, 9.17) is 0 Å². The summed E-state index contributed by atoms with van der Waals surface area (Å²) in [5, 5.41) is 0. The molecule has 0 spiro atoms. The highest BCUT2D eigenvalue weighted by Gasteiger charge is 1.61. The Morgan fingerprint density at radius 2 is 1.80 bits per heavy atom. The first kappa shape index (κ1) is 4.97. The second kappa shape index (κ2) is 2.23. The molecule has 30 valence electrons. The van der Waals surface area contributed by atoms with E-state index in [1.54, 1.807) is 0 Å². The molecule has 0 aromatic rings. The second-order valence-electron chi connectivity index (χ2n) is 0.481. The standard InChI is InChI=1S/BH4NO2S/c1-2-5(3)4/h5H,1H2,(H,2,3,4). The van der Waals surface area contributed by atoms with Crippen LogP contribution in [-0.4, -0.2) is 16.4 Å². The zero-order valence-electron chi connectivity index (χ0n) is 2.76. The highest BCUT2D eigenvalue weighted by Crippen LogP contribution is 1.31. The summed E-state index contributed by atoms with van der Waals surface area (Å²) in [7, 11) is -0.995. The molecule has 0 aliphatic heterocycles. The molecule has 5 heavy (non-hydrogen) atoms. The van der Waals surface area contributed by atoms with Crippen LogP contribution in [0.5, 0.6) is 0 Å². The lowest BCUT2D eigenvalue weighted by Gasteiger charge is -1.66. The van der Waals surface area contributed by atoms with Crippen molar-refractivity contribution in [3.05, 3.63) is 0 Å². The second-order valence-corrected chi connectivity index (χ2v) is 1.44. The highest BCUT2D eigenvalue weighted by molar-refractivity contribution is 7.71. The van der Waals surface area contributed by atoms with E-state index in [2.05, 4.69) is 0 Å². The molecule has 0 aliphatic rings. The van der Waals surface area contributed by atoms with Gasteiger partial charge in [-0.05, 0) is 0 Å². The largest absolute Gasteiger partial charge is 0.265 e. The Kier molecular flexibility index (Phi) is 2.22. The van der Waals surface area contributed by atoms with Crippen LogP contribution in [-0.2, 0) is 10.9 Å². The molecule has 1 N–H and O–H groups in total. The summed E-state index contributed by atoms with van der Waals surface area (Å²) >= 11 is 0. The van der Waals surface area contributed by atoms with Crippen LogP contribution < -0.4 is 4.63 Å². The molecule has 0 saturated heterocycles. The van der Waals surface area contributed by atoms with Crippen molar-refractivity contribution in [3.63, 3.8) is 0 Å². The van der Waals surface area contributed by atoms with Crippen LogP contribution in [0.25, 0.3) is 0 Å². The predicted octanol–water partition coefficient (Wildman–Crippen LogP) is -2.35. The van der Waals surface area contributed by atoms with E-state index < -0.39 is 10.9 Å². The van der Waals surface area contributed by atoms with Crippen molar-refractivity contribution >= 4 is 18.9 Å². The fraction of sp³-hybridized carbons (Fsp3) is 0. The Hall–Kier alpha value is -0.0251. The lowest BCUT2D eigenvalue weighted by Crippen LogP contribution is -2.02. The molecule has 0 amide bonds. The molecule has 5 heteroatoms. The molecular formula is H4BNO2S. The van der Waals surface area contributed by atoms with Crippen molar-refractivity contribution < 1.29 is 8.42 Å². The van der Waals surface area contributed by atoms with Gasteiger partial charge in [-0.2, -0.15) is 0 Å². The molecule has 0 heterocycles. The van der Waals surface area contributed by atoms with Crippen LogP contribution in [0.4, 0.5) is 0 Å². The van der Waals surface area contributed by atoms with E-state index in [9.17, 15) is 8.42 Å². The first-order chi connectivity index (χ1) is 2.27. The summed E-state index contributed by atoms with van der Waals surface area (Å²) < 4.78 is 20.6. The predicted molar refractivity (Wildman–Crippen MR) is 22.0 cm³/mol. The SMILES string of the molecule is BN[SH](=O)=O. The van der Waals surface area contributed by atoms with Crippen LogP contribution in [0, 0.1) is 0 Å². The topological polar surface area (TPSA) is 46.2 Å². The zero-order valence-corrected chi connectivity index (χ0v) is 3.66. The summed E-state index contributed by atoms with van der Waals surface area (Å²) in [6.07, 6.45) is 0. The van der Waals surface area contributed by atoms with Crippen molar-refractivity contribution in [2.24, 2.45) is 0 Å². The van der Waals surface area contributed by atoms with E-state index in [0.717, 1.165) is 0 Å². The lowest BCUT2D eigenvalue weighted by atomic mass is 10.5. The zero-order chi connectivity index (χ0) is 4.28. The van der Waals surface area contributed by atoms with Crippen molar-refractivity contribution in [2.45, 2.75) is 0 Å². The van der Waals surface area contributed by atoms with Gasteiger partial charge in [0.2, 0.25) is 7.98 Å². The van der Waals surface area contributed by atoms with Gasteiger partial charge in [-0.25, -0.2) is 8.42 Å². The Morgan fingerprint density at radius 3 is 1.80 bits per heavy atom. The van der Waals surface area contributed by atoms with Crippen LogP contribution in [0.2, 0.25) is 0 Å². The summed E-state index contributed by atoms with van der Waals surface area (Å²) in [6, 6.07) is 0. The normalized spacial score (nSPS) is 9.00. The first-order valence-corrected chi connectivity index (χ1v) is 2.27. The average molecular weight is 92.9 g/mol. The maximum atomic E-state index is 9.29. The first-order valence-electron chi connectivity index (χ1n) is 1.09. The van der Waals surface area contributed by atoms with Gasteiger partial charge in [0, 0.05) is 0 Å². The van der Waals surface area contributed by atoms with E-state index in [-0.39, 0.29) is 0 Å². The quantitative estimate of drug-likeness (QED) is 0.281. The van der Waals surface area contributed by atoms with E-state index in [1.165, 1.54) is 7.98 Å². The molecule has 0 bridgehead atoms. The Balaban J connectivity index is 3.23. The van der Waals surface area contributed by atoms with Crippen molar-refractivity contribution in [2.75, 3.05) is 0 Å². The Morgan fingerprint density at radius 1 is 1.60 bits per heavy atom. The molecular weight excluding hydrogens is 88.9 g/mol. The number of rotatable bonds is 1. The molecule has 0 aromatic heterocycles. The van der Waals surface area contributed by atoms with Gasteiger partial charge in [-0.15, -0.1) is 0 Å². The lowest BCUT2D eigenvalue weighted by molar-refractivity contribution is 0.613. The molecule has 0 rings (SSSR count). The fourth-order valence-electron chi connectivity index (χ4n) is 0. The van der Waals surface area contributed by atoms with Gasteiger partial charge in [-0.1, -0.05) is 0 Å². The molecule has 0 fully saturated rings. The third-order valence-corrected chi connectivity index (χ3v) is 0.548. The minimum atomic E-state index is -2.35. The summed E-state index contributed by atoms with van der Waals surface area (Å²) in [6.45, 7) is 0. The minimum absolute atomic E-state index is 1.35. The van der Waals surface area contributed by atoms with E-state index >= 15 is 0 Å².